The maximum Gasteiger partial charge on any atom is 0.337 e. The summed E-state index contributed by atoms with van der Waals surface area (Å²) in [6, 6.07) is 5.97. The molecule has 8 amide bonds. The molecule has 0 saturated carbocycles. The van der Waals surface area contributed by atoms with Crippen molar-refractivity contribution >= 4 is 76.4 Å². The van der Waals surface area contributed by atoms with Crippen molar-refractivity contribution in [3.8, 4) is 80.1 Å². The number of hydrogen-bond acceptors (Lipinski definition) is 31. The molecule has 702 valence electrons. The Morgan fingerprint density at radius 1 is 0.557 bits per heavy atom. The number of ether oxygens (including phenoxy) is 8. The van der Waals surface area contributed by atoms with Crippen molar-refractivity contribution in [1.82, 2.24) is 53.2 Å². The van der Waals surface area contributed by atoms with Gasteiger partial charge in [-0.25, -0.2) is 4.79 Å². The second-order valence-electron chi connectivity index (χ2n) is 33.0. The van der Waals surface area contributed by atoms with E-state index in [1.807, 2.05) is 0 Å². The number of phenols is 4. The number of aliphatic hydroxyl groups is 7. The predicted molar refractivity (Wildman–Crippen MR) is 464 cm³/mol. The van der Waals surface area contributed by atoms with Crippen LogP contribution < -0.4 is 82.6 Å². The average Bonchev–Trinajstić information content (AvgIpc) is 0.756. The van der Waals surface area contributed by atoms with Crippen LogP contribution >= 0.6 is 23.2 Å². The molecule has 7 aromatic rings. The Morgan fingerprint density at radius 2 is 1.21 bits per heavy atom. The molecule has 41 heteroatoms. The number of esters is 1. The number of likely N-dealkylation sites (N-methyl/N-ethyl adjacent to an activating group) is 1. The number of methoxy groups -OCH3 is 1. The number of fused-ring (bicyclic) bond motifs is 14. The highest BCUT2D eigenvalue weighted by Crippen LogP contribution is 2.51. The van der Waals surface area contributed by atoms with E-state index in [1.54, 1.807) is 0 Å². The second kappa shape index (κ2) is 43.0. The number of nitrogens with two attached hydrogens (primary N) is 1. The second-order valence-corrected chi connectivity index (χ2v) is 33.8. The van der Waals surface area contributed by atoms with Crippen LogP contribution in [0, 0.1) is 5.92 Å². The molecule has 0 aliphatic carbocycles. The molecule has 0 spiro atoms. The van der Waals surface area contributed by atoms with Gasteiger partial charge in [0.2, 0.25) is 65.6 Å². The summed E-state index contributed by atoms with van der Waals surface area (Å²) in [6.45, 7) is 4.39. The van der Waals surface area contributed by atoms with Crippen LogP contribution in [-0.4, -0.2) is 230 Å². The molecule has 15 rings (SSSR count). The summed E-state index contributed by atoms with van der Waals surface area (Å²) in [5, 5.41) is 155. The SMILES string of the molecule is CN[C@@H]1C(=O)N[C@@H]2Cc3ccc(cc3)Oc3cc4cc(c3O[C@@H]3O[C@H](C(=O)OC)[C@@H](O)[C@H](O)[C@H]3NC(=O)CCCCCCCCC(C)C)Oc3ccc(cc3Cl)[C@@H](O)[C@@H]3NC(=O)[C@H](NC(=O)[C@@H]4NC(=O)[C@@H](NC2=O)c2cc(cc(O)c2Cl)Oc2cc1ccc2O)c1ccc(O)c(c1)-c1c(O[C@H]2O[C@H](CO)[C@@H](O)[C@H](O)[C@@H]2O)cc(O)cc1[C@@H](C(=O)NCCCNCCCN)NC3=O. The number of benzene rings is 7. The van der Waals surface area contributed by atoms with E-state index >= 15 is 28.8 Å². The van der Waals surface area contributed by atoms with Gasteiger partial charge >= 0.3 is 5.97 Å². The Labute approximate surface area is 760 Å². The fourth-order valence-electron chi connectivity index (χ4n) is 16.2. The number of aromatic hydroxyl groups is 4. The largest absolute Gasteiger partial charge is 0.508 e. The first-order chi connectivity index (χ1) is 62.7. The zero-order chi connectivity index (χ0) is 93.9. The van der Waals surface area contributed by atoms with Gasteiger partial charge in [0.05, 0.1) is 23.8 Å². The monoisotopic (exact) mass is 1860 g/mol. The lowest BCUT2D eigenvalue weighted by Gasteiger charge is -2.41. The molecular weight excluding hydrogens is 1750 g/mol. The number of halogens is 2. The maximum absolute atomic E-state index is 16.9. The lowest BCUT2D eigenvalue weighted by atomic mass is 9.89. The Bertz CT molecular complexity index is 5390. The van der Waals surface area contributed by atoms with Crippen LogP contribution in [0.4, 0.5) is 0 Å². The van der Waals surface area contributed by atoms with Gasteiger partial charge in [-0.15, -0.1) is 0 Å². The molecule has 8 aliphatic rings. The number of phenolic OH excluding ortho intramolecular Hbond substituents is 4. The van der Waals surface area contributed by atoms with Crippen LogP contribution in [0.25, 0.3) is 11.1 Å². The number of amides is 8. The lowest BCUT2D eigenvalue weighted by molar-refractivity contribution is -0.277. The summed E-state index contributed by atoms with van der Waals surface area (Å²) >= 11 is 14.4. The molecule has 7 aromatic carbocycles. The summed E-state index contributed by atoms with van der Waals surface area (Å²) < 4.78 is 50.0. The number of carbonyl (C=O) groups is 9. The molecule has 23 N–H and O–H groups in total. The first-order valence-corrected chi connectivity index (χ1v) is 43.5. The van der Waals surface area contributed by atoms with Crippen LogP contribution in [0.5, 0.6) is 69.0 Å². The molecule has 2 saturated heterocycles. The minimum atomic E-state index is -2.44. The van der Waals surface area contributed by atoms with Crippen LogP contribution in [0.2, 0.25) is 10.0 Å². The molecule has 2 fully saturated rings. The van der Waals surface area contributed by atoms with Crippen molar-refractivity contribution in [3.63, 3.8) is 0 Å². The highest BCUT2D eigenvalue weighted by atomic mass is 35.5. The van der Waals surface area contributed by atoms with E-state index in [4.69, 9.17) is 66.8 Å². The van der Waals surface area contributed by atoms with E-state index in [0.717, 1.165) is 106 Å². The topological polar surface area (TPSA) is 596 Å². The van der Waals surface area contributed by atoms with E-state index in [2.05, 4.69) is 67.0 Å². The summed E-state index contributed by atoms with van der Waals surface area (Å²) in [7, 11) is 2.40. The summed E-state index contributed by atoms with van der Waals surface area (Å²) in [6.07, 6.45) is -14.6. The van der Waals surface area contributed by atoms with E-state index < -0.39 is 271 Å². The quantitative estimate of drug-likeness (QED) is 0.0287. The highest BCUT2D eigenvalue weighted by molar-refractivity contribution is 6.33. The van der Waals surface area contributed by atoms with Crippen LogP contribution in [0.15, 0.2) is 115 Å². The lowest BCUT2D eigenvalue weighted by Crippen LogP contribution is -2.66. The van der Waals surface area contributed by atoms with Crippen LogP contribution in [0.1, 0.15) is 153 Å². The van der Waals surface area contributed by atoms with Gasteiger partial charge in [-0.05, 0) is 158 Å². The van der Waals surface area contributed by atoms with E-state index in [1.165, 1.54) is 55.6 Å². The molecule has 8 aliphatic heterocycles. The van der Waals surface area contributed by atoms with Gasteiger partial charge in [-0.3, -0.25) is 38.4 Å². The number of hydrogen-bond donors (Lipinski definition) is 22. The number of nitrogens with one attached hydrogen (secondary N) is 10. The van der Waals surface area contributed by atoms with Crippen LogP contribution in [0.3, 0.4) is 0 Å². The number of carbonyl (C=O) groups excluding carboxylic acids is 9. The molecule has 17 bridgehead atoms. The standard InChI is InChI=1S/C90H105Cl2N11O28/c1-40(2)13-9-7-5-6-8-10-14-63(109)98-72-75(112)77(114)80(88(123)124-4)131-89(72)130-79-60-33-45-34-61(79)127-57-24-19-44(31-52(57)91)73(110)71-87(122)102-69(82(117)96-28-12-27-95-26-11-25-93)50-35-46(105)36-59(128-90-78(115)76(113)74(111)62(39-104)129-90)64(50)49-30-42(17-22-54(49)106)67(84(119)103-71)99-85(120)68(45)100-86(121)70-51-37-48(38-56(108)65(51)92)126-58-32-43(18-23-55(58)107)66(94-3)83(118)97-53(81(116)101-70)29-41-15-20-47(125-60)21-16-41/h15-24,30-38,40,53,62,66-78,80,89-90,94-95,104-108,110-115H,5-14,25-29,39,93H2,1-4H3,(H,96,117)(H,97,118)(H,98,109)(H,99,120)(H,100,121)(H,101,116)(H,102,122)(H,103,119)/t53-,62-,66+,67-,68-,69+,70+,71+,72-,73-,74-,75-,76+,77+,78+,80+,89-,90+/m1/s1. The van der Waals surface area contributed by atoms with Gasteiger partial charge in [0.15, 0.2) is 29.1 Å². The average molecular weight is 1860 g/mol. The first-order valence-electron chi connectivity index (χ1n) is 42.8. The minimum Gasteiger partial charge on any atom is -0.508 e. The summed E-state index contributed by atoms with van der Waals surface area (Å²) in [4.78, 5) is 139. The van der Waals surface area contributed by atoms with E-state index in [0.29, 0.717) is 50.4 Å². The molecule has 131 heavy (non-hydrogen) atoms. The highest BCUT2D eigenvalue weighted by Gasteiger charge is 2.52. The first kappa shape index (κ1) is 96.6. The van der Waals surface area contributed by atoms with Crippen molar-refractivity contribution in [2.24, 2.45) is 11.7 Å². The molecule has 0 unspecified atom stereocenters. The van der Waals surface area contributed by atoms with Crippen molar-refractivity contribution in [3.05, 3.63) is 164 Å². The summed E-state index contributed by atoms with van der Waals surface area (Å²) in [5.74, 6) is -16.7. The third kappa shape index (κ3) is 22.3. The van der Waals surface area contributed by atoms with Crippen LogP contribution in [-0.2, 0) is 63.8 Å². The summed E-state index contributed by atoms with van der Waals surface area (Å²) in [5.41, 5.74) is 3.08. The molecule has 18 atom stereocenters. The Balaban J connectivity index is 1.04. The van der Waals surface area contributed by atoms with Crippen molar-refractivity contribution in [1.29, 1.82) is 0 Å². The third-order valence-corrected chi connectivity index (χ3v) is 23.9. The fraction of sp³-hybridized carbons (Fsp3) is 0.433. The van der Waals surface area contributed by atoms with Gasteiger partial charge in [-0.2, -0.15) is 0 Å². The Hall–Kier alpha value is -11.9. The predicted octanol–water partition coefficient (Wildman–Crippen LogP) is 3.63. The van der Waals surface area contributed by atoms with Crippen molar-refractivity contribution in [2.75, 3.05) is 46.9 Å². The molecule has 0 aromatic heterocycles. The Kier molecular flexibility index (Phi) is 31.7. The van der Waals surface area contributed by atoms with E-state index in [9.17, 15) is 70.6 Å². The minimum absolute atomic E-state index is 0.120. The van der Waals surface area contributed by atoms with Gasteiger partial charge < -0.3 is 153 Å². The van der Waals surface area contributed by atoms with Crippen molar-refractivity contribution < 1.29 is 137 Å². The number of unbranched alkanes of at least 4 members (excludes halogenated alkanes) is 5. The van der Waals surface area contributed by atoms with Gasteiger partial charge in [0.1, 0.15) is 131 Å². The zero-order valence-electron chi connectivity index (χ0n) is 71.4. The zero-order valence-corrected chi connectivity index (χ0v) is 73.0. The number of rotatable bonds is 25. The molecule has 39 nitrogen and oxygen atoms in total. The van der Waals surface area contributed by atoms with Gasteiger partial charge in [-0.1, -0.05) is 106 Å². The Morgan fingerprint density at radius 3 is 1.92 bits per heavy atom. The molecule has 0 radical (unpaired) electrons. The number of aliphatic hydroxyl groups excluding tert-OH is 7. The van der Waals surface area contributed by atoms with Gasteiger partial charge in [0.25, 0.3) is 0 Å². The molecular formula is C90H105Cl2N11O28. The normalized spacial score (nSPS) is 25.5. The smallest absolute Gasteiger partial charge is 0.337 e. The van der Waals surface area contributed by atoms with Gasteiger partial charge in [0, 0.05) is 48.2 Å². The molecule has 8 heterocycles. The third-order valence-electron chi connectivity index (χ3n) is 23.2. The van der Waals surface area contributed by atoms with E-state index in [-0.39, 0.29) is 47.8 Å². The fourth-order valence-corrected chi connectivity index (χ4v) is 16.6. The van der Waals surface area contributed by atoms with Crippen molar-refractivity contribution in [2.45, 2.75) is 194 Å². The maximum atomic E-state index is 16.9.